The van der Waals surface area contributed by atoms with Gasteiger partial charge >= 0.3 is 0 Å². The van der Waals surface area contributed by atoms with Crippen LogP contribution in [-0.2, 0) is 0 Å². The summed E-state index contributed by atoms with van der Waals surface area (Å²) in [5.74, 6) is 3.64. The molecule has 0 saturated carbocycles. The molecule has 2 aromatic heterocycles. The molecule has 2 aromatic carbocycles. The predicted molar refractivity (Wildman–Crippen MR) is 114 cm³/mol. The van der Waals surface area contributed by atoms with Crippen LogP contribution in [0.15, 0.2) is 39.8 Å². The number of methoxy groups -OCH3 is 3. The Morgan fingerprint density at radius 3 is 2.40 bits per heavy atom. The van der Waals surface area contributed by atoms with E-state index in [0.29, 0.717) is 46.1 Å². The van der Waals surface area contributed by atoms with Gasteiger partial charge in [0.1, 0.15) is 28.0 Å². The number of fused-ring (bicyclic) bond motifs is 1. The molecule has 2 heterocycles. The molecule has 3 N–H and O–H groups in total. The van der Waals surface area contributed by atoms with E-state index >= 15 is 0 Å². The van der Waals surface area contributed by atoms with Crippen molar-refractivity contribution in [3.8, 4) is 17.2 Å². The van der Waals surface area contributed by atoms with Gasteiger partial charge in [0.25, 0.3) is 0 Å². The molecule has 30 heavy (non-hydrogen) atoms. The third-order valence-electron chi connectivity index (χ3n) is 4.27. The van der Waals surface area contributed by atoms with Gasteiger partial charge in [0, 0.05) is 6.07 Å². The lowest BCUT2D eigenvalue weighted by molar-refractivity contribution is 0.376. The van der Waals surface area contributed by atoms with Crippen LogP contribution in [0.3, 0.4) is 0 Å². The maximum Gasteiger partial charge on any atom is 0.246 e. The third kappa shape index (κ3) is 3.79. The van der Waals surface area contributed by atoms with Crippen molar-refractivity contribution >= 4 is 40.4 Å². The first-order valence-electron chi connectivity index (χ1n) is 8.90. The Labute approximate surface area is 176 Å². The first-order valence-corrected chi connectivity index (χ1v) is 9.72. The smallest absolute Gasteiger partial charge is 0.246 e. The molecular weight excluding hydrogens is 408 g/mol. The number of aromatic nitrogens is 4. The molecule has 4 rings (SSSR count). The summed E-state index contributed by atoms with van der Waals surface area (Å²) in [5.41, 5.74) is 1.23. The number of ether oxygens (including phenoxy) is 3. The molecule has 0 aliphatic rings. The summed E-state index contributed by atoms with van der Waals surface area (Å²) >= 11 is 1.32. The predicted octanol–water partition coefficient (Wildman–Crippen LogP) is 4.14. The Balaban J connectivity index is 1.62. The molecule has 0 fully saturated rings. The first kappa shape index (κ1) is 19.7. The van der Waals surface area contributed by atoms with E-state index in [1.807, 2.05) is 31.2 Å². The molecule has 0 unspecified atom stereocenters. The molecule has 0 bridgehead atoms. The van der Waals surface area contributed by atoms with Crippen molar-refractivity contribution in [3.63, 3.8) is 0 Å². The number of nitrogens with one attached hydrogen (secondary N) is 3. The first-order chi connectivity index (χ1) is 14.6. The van der Waals surface area contributed by atoms with Crippen molar-refractivity contribution in [2.24, 2.45) is 0 Å². The molecule has 156 valence electrons. The highest BCUT2D eigenvalue weighted by Crippen LogP contribution is 2.40. The lowest BCUT2D eigenvalue weighted by atomic mass is 10.2. The van der Waals surface area contributed by atoms with Crippen LogP contribution in [0.1, 0.15) is 5.82 Å². The molecule has 4 aromatic rings. The maximum atomic E-state index is 5.52. The molecule has 0 aliphatic heterocycles. The number of H-pyrrole nitrogens is 1. The number of benzene rings is 2. The topological polar surface area (TPSA) is 119 Å². The molecule has 10 nitrogen and oxygen atoms in total. The minimum Gasteiger partial charge on any atom is -0.495 e. The number of nitrogens with zero attached hydrogens (tertiary/aromatic N) is 3. The number of hydrogen-bond donors (Lipinski definition) is 3. The zero-order valence-electron chi connectivity index (χ0n) is 16.8. The van der Waals surface area contributed by atoms with Crippen molar-refractivity contribution in [2.75, 3.05) is 31.4 Å². The van der Waals surface area contributed by atoms with Gasteiger partial charge in [-0.15, -0.1) is 5.10 Å². The van der Waals surface area contributed by atoms with E-state index in [2.05, 4.69) is 30.4 Å². The minimum atomic E-state index is 0.432. The fourth-order valence-electron chi connectivity index (χ4n) is 2.84. The highest BCUT2D eigenvalue weighted by Gasteiger charge is 2.17. The van der Waals surface area contributed by atoms with Gasteiger partial charge in [-0.05, 0) is 37.1 Å². The third-order valence-corrected chi connectivity index (χ3v) is 5.17. The van der Waals surface area contributed by atoms with E-state index in [-0.39, 0.29) is 0 Å². The molecule has 0 amide bonds. The van der Waals surface area contributed by atoms with Crippen molar-refractivity contribution in [3.05, 3.63) is 36.2 Å². The van der Waals surface area contributed by atoms with Crippen molar-refractivity contribution in [1.29, 1.82) is 0 Å². The molecule has 0 saturated heterocycles. The van der Waals surface area contributed by atoms with Gasteiger partial charge in [-0.25, -0.2) is 0 Å². The number of aryl methyl sites for hydroxylation is 1. The van der Waals surface area contributed by atoms with E-state index in [9.17, 15) is 0 Å². The molecule has 0 spiro atoms. The average molecular weight is 428 g/mol. The van der Waals surface area contributed by atoms with E-state index in [4.69, 9.17) is 18.7 Å². The Morgan fingerprint density at radius 2 is 1.77 bits per heavy atom. The summed E-state index contributed by atoms with van der Waals surface area (Å²) in [6.45, 7) is 1.82. The summed E-state index contributed by atoms with van der Waals surface area (Å²) < 4.78 is 25.1. The monoisotopic (exact) mass is 428 g/mol. The summed E-state index contributed by atoms with van der Waals surface area (Å²) in [7, 11) is 4.81. The van der Waals surface area contributed by atoms with Gasteiger partial charge in [0.05, 0.1) is 32.4 Å². The zero-order chi connectivity index (χ0) is 21.1. The highest BCUT2D eigenvalue weighted by atomic mass is 32.2. The number of aromatic amines is 1. The van der Waals surface area contributed by atoms with Gasteiger partial charge in [0.15, 0.2) is 11.4 Å². The lowest BCUT2D eigenvalue weighted by Gasteiger charge is -2.12. The van der Waals surface area contributed by atoms with Crippen LogP contribution < -0.4 is 24.2 Å². The zero-order valence-corrected chi connectivity index (χ0v) is 17.6. The Hall–Kier alpha value is -3.60. The lowest BCUT2D eigenvalue weighted by Crippen LogP contribution is -1.97. The van der Waals surface area contributed by atoms with Crippen LogP contribution in [0.25, 0.3) is 11.0 Å². The molecular formula is C19H20N6O4S. The van der Waals surface area contributed by atoms with E-state index < -0.39 is 0 Å². The normalized spacial score (nSPS) is 10.8. The summed E-state index contributed by atoms with van der Waals surface area (Å²) in [6, 6.07) is 9.20. The fourth-order valence-corrected chi connectivity index (χ4v) is 3.69. The van der Waals surface area contributed by atoms with Gasteiger partial charge < -0.3 is 28.8 Å². The minimum absolute atomic E-state index is 0.432. The van der Waals surface area contributed by atoms with Gasteiger partial charge in [0.2, 0.25) is 5.95 Å². The molecule has 0 atom stereocenters. The summed E-state index contributed by atoms with van der Waals surface area (Å²) in [6.07, 6.45) is 0. The second-order valence-corrected chi connectivity index (χ2v) is 6.96. The fraction of sp³-hybridized carbons (Fsp3) is 0.211. The van der Waals surface area contributed by atoms with Crippen molar-refractivity contribution < 1.29 is 18.7 Å². The van der Waals surface area contributed by atoms with Crippen LogP contribution in [0.2, 0.25) is 0 Å². The summed E-state index contributed by atoms with van der Waals surface area (Å²) in [5, 5.41) is 14.9. The second kappa shape index (κ2) is 8.41. The SMILES string of the molecule is COc1cc2c(NSc3c(OC)cccc3OC)noc2cc1Nc1n[nH]c(C)n1. The Bertz CT molecular complexity index is 1150. The maximum absolute atomic E-state index is 5.52. The van der Waals surface area contributed by atoms with Crippen LogP contribution in [0, 0.1) is 6.92 Å². The quantitative estimate of drug-likeness (QED) is 0.353. The van der Waals surface area contributed by atoms with Gasteiger partial charge in [-0.3, -0.25) is 5.10 Å². The standard InChI is InChI=1S/C19H20N6O4S/c1-10-20-19(23-22-10)21-12-9-15-11(8-16(12)28-4)18(24-29-15)25-30-17-13(26-2)6-5-7-14(17)27-3/h5-9H,1-4H3,(H,24,25)(H2,20,21,22,23). The van der Waals surface area contributed by atoms with E-state index in [1.165, 1.54) is 11.9 Å². The number of hydrogen-bond acceptors (Lipinski definition) is 10. The average Bonchev–Trinajstić information content (AvgIpc) is 3.36. The number of anilines is 3. The van der Waals surface area contributed by atoms with Crippen LogP contribution in [0.4, 0.5) is 17.5 Å². The van der Waals surface area contributed by atoms with Crippen LogP contribution in [0.5, 0.6) is 17.2 Å². The second-order valence-electron chi connectivity index (χ2n) is 6.15. The van der Waals surface area contributed by atoms with Crippen LogP contribution in [-0.4, -0.2) is 41.7 Å². The van der Waals surface area contributed by atoms with Crippen LogP contribution >= 0.6 is 11.9 Å². The molecule has 0 aliphatic carbocycles. The van der Waals surface area contributed by atoms with Gasteiger partial charge in [-0.1, -0.05) is 11.2 Å². The highest BCUT2D eigenvalue weighted by molar-refractivity contribution is 8.00. The number of rotatable bonds is 8. The Morgan fingerprint density at radius 1 is 1.03 bits per heavy atom. The molecule has 0 radical (unpaired) electrons. The van der Waals surface area contributed by atoms with E-state index in [0.717, 1.165) is 10.3 Å². The summed E-state index contributed by atoms with van der Waals surface area (Å²) in [4.78, 5) is 5.04. The van der Waals surface area contributed by atoms with E-state index in [1.54, 1.807) is 27.4 Å². The van der Waals surface area contributed by atoms with Crippen molar-refractivity contribution in [2.45, 2.75) is 11.8 Å². The largest absolute Gasteiger partial charge is 0.495 e. The molecule has 11 heteroatoms. The van der Waals surface area contributed by atoms with Crippen molar-refractivity contribution in [1.82, 2.24) is 20.3 Å². The van der Waals surface area contributed by atoms with Gasteiger partial charge in [-0.2, -0.15) is 4.98 Å². The Kier molecular flexibility index (Phi) is 5.53.